The van der Waals surface area contributed by atoms with E-state index in [0.29, 0.717) is 42.3 Å². The minimum atomic E-state index is -3.34. The Morgan fingerprint density at radius 3 is 2.47 bits per heavy atom. The van der Waals surface area contributed by atoms with Crippen molar-refractivity contribution in [3.05, 3.63) is 53.1 Å². The fourth-order valence-corrected chi connectivity index (χ4v) is 5.31. The summed E-state index contributed by atoms with van der Waals surface area (Å²) in [7, 11) is 1.52. The van der Waals surface area contributed by atoms with Crippen LogP contribution >= 0.6 is 0 Å². The third-order valence-electron chi connectivity index (χ3n) is 5.29. The van der Waals surface area contributed by atoms with Crippen LogP contribution in [0.1, 0.15) is 34.3 Å². The second-order valence-corrected chi connectivity index (χ2v) is 9.46. The van der Waals surface area contributed by atoms with Gasteiger partial charge in [-0.2, -0.15) is 0 Å². The molecule has 7 nitrogen and oxygen atoms in total. The van der Waals surface area contributed by atoms with Crippen molar-refractivity contribution in [2.45, 2.75) is 26.3 Å². The van der Waals surface area contributed by atoms with Gasteiger partial charge in [0.1, 0.15) is 0 Å². The molecule has 8 heteroatoms. The maximum atomic E-state index is 13.0. The molecule has 30 heavy (non-hydrogen) atoms. The number of methoxy groups -OCH3 is 2. The van der Waals surface area contributed by atoms with E-state index in [-0.39, 0.29) is 11.7 Å². The molecule has 2 aromatic rings. The molecule has 1 aliphatic rings. The molecule has 0 saturated carbocycles. The summed E-state index contributed by atoms with van der Waals surface area (Å²) in [5.41, 5.74) is 2.77. The number of carbonyl (C=O) groups excluding carboxylic acids is 1. The number of sulfonamides is 1. The first-order valence-corrected chi connectivity index (χ1v) is 11.4. The SMILES string of the molecule is COc1ccc(CN(C)C(=O)c2ccc(C)c(N3CCCCS3(=O)=O)c2)cc1OC. The molecule has 2 aromatic carbocycles. The Kier molecular flexibility index (Phi) is 6.55. The topological polar surface area (TPSA) is 76.2 Å². The van der Waals surface area contributed by atoms with Crippen LogP contribution in [0.25, 0.3) is 0 Å². The lowest BCUT2D eigenvalue weighted by atomic mass is 10.1. The summed E-state index contributed by atoms with van der Waals surface area (Å²) in [6.45, 7) is 2.69. The van der Waals surface area contributed by atoms with Crippen LogP contribution in [0, 0.1) is 6.92 Å². The number of benzene rings is 2. The lowest BCUT2D eigenvalue weighted by Crippen LogP contribution is -2.38. The Hall–Kier alpha value is -2.74. The van der Waals surface area contributed by atoms with E-state index in [4.69, 9.17) is 9.47 Å². The van der Waals surface area contributed by atoms with Crippen LogP contribution in [0.15, 0.2) is 36.4 Å². The van der Waals surface area contributed by atoms with E-state index in [2.05, 4.69) is 0 Å². The van der Waals surface area contributed by atoms with Crippen molar-refractivity contribution in [3.8, 4) is 11.5 Å². The van der Waals surface area contributed by atoms with Gasteiger partial charge in [0.15, 0.2) is 11.5 Å². The van der Waals surface area contributed by atoms with E-state index >= 15 is 0 Å². The van der Waals surface area contributed by atoms with Gasteiger partial charge in [0, 0.05) is 25.7 Å². The standard InChI is InChI=1S/C22H28N2O5S/c1-16-7-9-18(14-19(16)24-11-5-6-12-30(24,26)27)22(25)23(2)15-17-8-10-20(28-3)21(13-17)29-4/h7-10,13-14H,5-6,11-12,15H2,1-4H3. The number of nitrogens with zero attached hydrogens (tertiary/aromatic N) is 2. The number of hydrogen-bond acceptors (Lipinski definition) is 5. The summed E-state index contributed by atoms with van der Waals surface area (Å²) >= 11 is 0. The molecule has 0 aromatic heterocycles. The van der Waals surface area contributed by atoms with Crippen molar-refractivity contribution in [1.29, 1.82) is 0 Å². The van der Waals surface area contributed by atoms with Gasteiger partial charge in [-0.3, -0.25) is 9.10 Å². The smallest absolute Gasteiger partial charge is 0.253 e. The third kappa shape index (κ3) is 4.53. The molecule has 1 heterocycles. The van der Waals surface area contributed by atoms with E-state index in [1.54, 1.807) is 50.4 Å². The van der Waals surface area contributed by atoms with Crippen LogP contribution in [-0.4, -0.2) is 52.8 Å². The molecule has 1 amide bonds. The molecular weight excluding hydrogens is 404 g/mol. The largest absolute Gasteiger partial charge is 0.493 e. The molecule has 1 fully saturated rings. The predicted octanol–water partition coefficient (Wildman–Crippen LogP) is 3.21. The number of amides is 1. The Bertz CT molecular complexity index is 1040. The monoisotopic (exact) mass is 432 g/mol. The first-order valence-electron chi connectivity index (χ1n) is 9.84. The van der Waals surface area contributed by atoms with Gasteiger partial charge in [-0.15, -0.1) is 0 Å². The van der Waals surface area contributed by atoms with Gasteiger partial charge < -0.3 is 14.4 Å². The first-order chi connectivity index (χ1) is 14.3. The van der Waals surface area contributed by atoms with Gasteiger partial charge in [0.05, 0.1) is 25.7 Å². The van der Waals surface area contributed by atoms with Crippen molar-refractivity contribution < 1.29 is 22.7 Å². The van der Waals surface area contributed by atoms with E-state index < -0.39 is 10.0 Å². The summed E-state index contributed by atoms with van der Waals surface area (Å²) in [6.07, 6.45) is 1.49. The van der Waals surface area contributed by atoms with Crippen LogP contribution in [-0.2, 0) is 16.6 Å². The average molecular weight is 433 g/mol. The second-order valence-electron chi connectivity index (χ2n) is 7.45. The predicted molar refractivity (Wildman–Crippen MR) is 117 cm³/mol. The van der Waals surface area contributed by atoms with Crippen molar-refractivity contribution in [3.63, 3.8) is 0 Å². The van der Waals surface area contributed by atoms with Gasteiger partial charge in [-0.25, -0.2) is 8.42 Å². The highest BCUT2D eigenvalue weighted by atomic mass is 32.2. The summed E-state index contributed by atoms with van der Waals surface area (Å²) < 4.78 is 37.0. The third-order valence-corrected chi connectivity index (χ3v) is 7.14. The molecule has 0 unspecified atom stereocenters. The first kappa shape index (κ1) is 22.0. The zero-order valence-corrected chi connectivity index (χ0v) is 18.7. The fourth-order valence-electron chi connectivity index (χ4n) is 3.62. The van der Waals surface area contributed by atoms with E-state index in [1.165, 1.54) is 4.31 Å². The van der Waals surface area contributed by atoms with E-state index in [1.807, 2.05) is 19.1 Å². The zero-order valence-electron chi connectivity index (χ0n) is 17.8. The Morgan fingerprint density at radius 1 is 1.07 bits per heavy atom. The van der Waals surface area contributed by atoms with Crippen molar-refractivity contribution in [2.24, 2.45) is 0 Å². The fraction of sp³-hybridized carbons (Fsp3) is 0.409. The summed E-state index contributed by atoms with van der Waals surface area (Å²) in [5.74, 6) is 1.19. The molecular formula is C22H28N2O5S. The van der Waals surface area contributed by atoms with Gasteiger partial charge in [0.25, 0.3) is 5.91 Å². The van der Waals surface area contributed by atoms with Gasteiger partial charge in [-0.1, -0.05) is 12.1 Å². The average Bonchev–Trinajstić information content (AvgIpc) is 2.73. The van der Waals surface area contributed by atoms with Gasteiger partial charge in [-0.05, 0) is 55.2 Å². The normalized spacial score (nSPS) is 15.5. The molecule has 0 radical (unpaired) electrons. The molecule has 0 N–H and O–H groups in total. The van der Waals surface area contributed by atoms with E-state index in [0.717, 1.165) is 17.5 Å². The number of ether oxygens (including phenoxy) is 2. The number of aryl methyl sites for hydroxylation is 1. The molecule has 1 aliphatic heterocycles. The van der Waals surface area contributed by atoms with Crippen LogP contribution in [0.3, 0.4) is 0 Å². The minimum Gasteiger partial charge on any atom is -0.493 e. The molecule has 0 aliphatic carbocycles. The quantitative estimate of drug-likeness (QED) is 0.701. The van der Waals surface area contributed by atoms with Crippen LogP contribution in [0.4, 0.5) is 5.69 Å². The Balaban J connectivity index is 1.83. The van der Waals surface area contributed by atoms with Crippen LogP contribution in [0.5, 0.6) is 11.5 Å². The minimum absolute atomic E-state index is 0.143. The second kappa shape index (κ2) is 8.95. The Labute approximate surface area is 178 Å². The van der Waals surface area contributed by atoms with Crippen molar-refractivity contribution >= 4 is 21.6 Å². The molecule has 3 rings (SSSR count). The highest BCUT2D eigenvalue weighted by molar-refractivity contribution is 7.92. The summed E-state index contributed by atoms with van der Waals surface area (Å²) in [5, 5.41) is 0. The van der Waals surface area contributed by atoms with Gasteiger partial charge in [0.2, 0.25) is 10.0 Å². The number of anilines is 1. The van der Waals surface area contributed by atoms with Crippen LogP contribution < -0.4 is 13.8 Å². The molecule has 0 atom stereocenters. The maximum absolute atomic E-state index is 13.0. The summed E-state index contributed by atoms with van der Waals surface area (Å²) in [6, 6.07) is 10.7. The van der Waals surface area contributed by atoms with Crippen molar-refractivity contribution in [1.82, 2.24) is 4.90 Å². The Morgan fingerprint density at radius 2 is 1.80 bits per heavy atom. The number of hydrogen-bond donors (Lipinski definition) is 0. The zero-order chi connectivity index (χ0) is 21.9. The van der Waals surface area contributed by atoms with Crippen molar-refractivity contribution in [2.75, 3.05) is 37.9 Å². The number of rotatable bonds is 6. The highest BCUT2D eigenvalue weighted by Crippen LogP contribution is 2.30. The molecule has 162 valence electrons. The van der Waals surface area contributed by atoms with Gasteiger partial charge >= 0.3 is 0 Å². The summed E-state index contributed by atoms with van der Waals surface area (Å²) in [4.78, 5) is 14.6. The molecule has 1 saturated heterocycles. The van der Waals surface area contributed by atoms with E-state index in [9.17, 15) is 13.2 Å². The molecule has 0 bridgehead atoms. The molecule has 0 spiro atoms. The maximum Gasteiger partial charge on any atom is 0.253 e. The highest BCUT2D eigenvalue weighted by Gasteiger charge is 2.28. The lowest BCUT2D eigenvalue weighted by molar-refractivity contribution is 0.0785. The lowest BCUT2D eigenvalue weighted by Gasteiger charge is -2.30. The van der Waals surface area contributed by atoms with Crippen LogP contribution in [0.2, 0.25) is 0 Å². The number of carbonyl (C=O) groups is 1.